The van der Waals surface area contributed by atoms with Crippen LogP contribution >= 0.6 is 23.4 Å². The lowest BCUT2D eigenvalue weighted by Gasteiger charge is -2.23. The normalized spacial score (nSPS) is 17.0. The molecule has 1 fully saturated rings. The van der Waals surface area contributed by atoms with Gasteiger partial charge in [0.05, 0.1) is 26.2 Å². The molecule has 0 radical (unpaired) electrons. The van der Waals surface area contributed by atoms with Gasteiger partial charge in [0.2, 0.25) is 5.75 Å². The Morgan fingerprint density at radius 1 is 0.906 bits per heavy atom. The third-order valence-corrected chi connectivity index (χ3v) is 6.55. The summed E-state index contributed by atoms with van der Waals surface area (Å²) in [6.07, 6.45) is 1.85. The van der Waals surface area contributed by atoms with E-state index in [2.05, 4.69) is 0 Å². The van der Waals surface area contributed by atoms with Crippen molar-refractivity contribution in [2.24, 2.45) is 0 Å². The van der Waals surface area contributed by atoms with Crippen LogP contribution < -0.4 is 19.1 Å². The summed E-state index contributed by atoms with van der Waals surface area (Å²) in [5.41, 5.74) is 2.55. The fraction of sp³-hybridized carbons (Fsp3) is 0.160. The Kier molecular flexibility index (Phi) is 6.63. The SMILES string of the molecule is COc1cc(/C=C2/SC(c3ccccc3)N(c3cccc(Cl)c3)C2=O)cc(OC)c1OC. The van der Waals surface area contributed by atoms with Crippen LogP contribution in [0.15, 0.2) is 71.6 Å². The number of nitrogens with zero attached hydrogens (tertiary/aromatic N) is 1. The fourth-order valence-electron chi connectivity index (χ4n) is 3.59. The maximum Gasteiger partial charge on any atom is 0.266 e. The number of rotatable bonds is 6. The number of halogens is 1. The molecular formula is C25H22ClNO4S. The van der Waals surface area contributed by atoms with Crippen molar-refractivity contribution >= 4 is 41.0 Å². The van der Waals surface area contributed by atoms with Crippen molar-refractivity contribution in [2.75, 3.05) is 26.2 Å². The molecular weight excluding hydrogens is 446 g/mol. The molecule has 32 heavy (non-hydrogen) atoms. The molecule has 4 rings (SSSR count). The van der Waals surface area contributed by atoms with Crippen molar-refractivity contribution in [1.29, 1.82) is 0 Å². The first-order valence-electron chi connectivity index (χ1n) is 9.88. The number of hydrogen-bond donors (Lipinski definition) is 0. The van der Waals surface area contributed by atoms with E-state index in [0.717, 1.165) is 16.8 Å². The maximum absolute atomic E-state index is 13.5. The first-order chi connectivity index (χ1) is 15.5. The average molecular weight is 468 g/mol. The number of hydrogen-bond acceptors (Lipinski definition) is 5. The highest BCUT2D eigenvalue weighted by molar-refractivity contribution is 8.05. The Morgan fingerprint density at radius 3 is 2.19 bits per heavy atom. The van der Waals surface area contributed by atoms with E-state index in [0.29, 0.717) is 27.2 Å². The molecule has 1 heterocycles. The van der Waals surface area contributed by atoms with E-state index in [-0.39, 0.29) is 11.3 Å². The quantitative estimate of drug-likeness (QED) is 0.405. The number of carbonyl (C=O) groups is 1. The van der Waals surface area contributed by atoms with Crippen LogP contribution in [-0.4, -0.2) is 27.2 Å². The van der Waals surface area contributed by atoms with Gasteiger partial charge < -0.3 is 14.2 Å². The lowest BCUT2D eigenvalue weighted by molar-refractivity contribution is -0.114. The van der Waals surface area contributed by atoms with Crippen LogP contribution in [0, 0.1) is 0 Å². The molecule has 0 bridgehead atoms. The smallest absolute Gasteiger partial charge is 0.266 e. The monoisotopic (exact) mass is 467 g/mol. The van der Waals surface area contributed by atoms with Crippen LogP contribution in [0.25, 0.3) is 6.08 Å². The predicted molar refractivity (Wildman–Crippen MR) is 130 cm³/mol. The number of carbonyl (C=O) groups excluding carboxylic acids is 1. The molecule has 1 unspecified atom stereocenters. The number of methoxy groups -OCH3 is 3. The Morgan fingerprint density at radius 2 is 1.59 bits per heavy atom. The zero-order valence-corrected chi connectivity index (χ0v) is 19.4. The molecule has 0 aromatic heterocycles. The van der Waals surface area contributed by atoms with Crippen LogP contribution in [0.2, 0.25) is 5.02 Å². The van der Waals surface area contributed by atoms with Crippen molar-refractivity contribution in [1.82, 2.24) is 0 Å². The molecule has 1 amide bonds. The molecule has 0 saturated carbocycles. The summed E-state index contributed by atoms with van der Waals surface area (Å²) in [5.74, 6) is 1.46. The molecule has 1 aliphatic heterocycles. The molecule has 0 N–H and O–H groups in total. The van der Waals surface area contributed by atoms with E-state index in [1.807, 2.05) is 60.7 Å². The van der Waals surface area contributed by atoms with Gasteiger partial charge in [0.25, 0.3) is 5.91 Å². The Hall–Kier alpha value is -3.09. The molecule has 3 aromatic rings. The van der Waals surface area contributed by atoms with E-state index in [4.69, 9.17) is 25.8 Å². The van der Waals surface area contributed by atoms with E-state index in [1.165, 1.54) is 11.8 Å². The molecule has 164 valence electrons. The number of ether oxygens (including phenoxy) is 3. The van der Waals surface area contributed by atoms with E-state index in [1.54, 1.807) is 38.4 Å². The van der Waals surface area contributed by atoms with Gasteiger partial charge in [0.1, 0.15) is 5.37 Å². The number of anilines is 1. The first-order valence-corrected chi connectivity index (χ1v) is 11.1. The average Bonchev–Trinajstić information content (AvgIpc) is 3.14. The maximum atomic E-state index is 13.5. The Balaban J connectivity index is 1.79. The van der Waals surface area contributed by atoms with Gasteiger partial charge >= 0.3 is 0 Å². The molecule has 0 aliphatic carbocycles. The molecule has 0 spiro atoms. The van der Waals surface area contributed by atoms with Gasteiger partial charge in [-0.05, 0) is 47.5 Å². The van der Waals surface area contributed by atoms with Gasteiger partial charge in [-0.1, -0.05) is 59.8 Å². The van der Waals surface area contributed by atoms with E-state index < -0.39 is 0 Å². The van der Waals surface area contributed by atoms with Crippen LogP contribution in [0.5, 0.6) is 17.2 Å². The molecule has 1 aliphatic rings. The highest BCUT2D eigenvalue weighted by atomic mass is 35.5. The van der Waals surface area contributed by atoms with Crippen LogP contribution in [0.1, 0.15) is 16.5 Å². The van der Waals surface area contributed by atoms with Gasteiger partial charge in [-0.3, -0.25) is 9.69 Å². The van der Waals surface area contributed by atoms with Crippen molar-refractivity contribution in [3.05, 3.63) is 87.8 Å². The lowest BCUT2D eigenvalue weighted by Crippen LogP contribution is -2.27. The van der Waals surface area contributed by atoms with Crippen molar-refractivity contribution in [3.63, 3.8) is 0 Å². The second-order valence-corrected chi connectivity index (χ2v) is 8.56. The van der Waals surface area contributed by atoms with E-state index >= 15 is 0 Å². The second kappa shape index (κ2) is 9.59. The largest absolute Gasteiger partial charge is 0.493 e. The summed E-state index contributed by atoms with van der Waals surface area (Å²) >= 11 is 7.72. The zero-order valence-electron chi connectivity index (χ0n) is 17.9. The van der Waals surface area contributed by atoms with Crippen LogP contribution in [0.3, 0.4) is 0 Å². The minimum atomic E-state index is -0.213. The van der Waals surface area contributed by atoms with Gasteiger partial charge in [-0.2, -0.15) is 0 Å². The van der Waals surface area contributed by atoms with Gasteiger partial charge in [-0.15, -0.1) is 0 Å². The molecule has 1 saturated heterocycles. The predicted octanol–water partition coefficient (Wildman–Crippen LogP) is 6.19. The van der Waals surface area contributed by atoms with Gasteiger partial charge in [0.15, 0.2) is 11.5 Å². The molecule has 7 heteroatoms. The highest BCUT2D eigenvalue weighted by Gasteiger charge is 2.38. The Labute approximate surface area is 196 Å². The third kappa shape index (κ3) is 4.29. The summed E-state index contributed by atoms with van der Waals surface area (Å²) in [6.45, 7) is 0. The molecule has 1 atom stereocenters. The van der Waals surface area contributed by atoms with Crippen molar-refractivity contribution in [3.8, 4) is 17.2 Å². The molecule has 3 aromatic carbocycles. The lowest BCUT2D eigenvalue weighted by atomic mass is 10.1. The number of amides is 1. The minimum Gasteiger partial charge on any atom is -0.493 e. The van der Waals surface area contributed by atoms with Crippen molar-refractivity contribution < 1.29 is 19.0 Å². The summed E-state index contributed by atoms with van der Waals surface area (Å²) in [7, 11) is 4.69. The summed E-state index contributed by atoms with van der Waals surface area (Å²) in [6, 6.07) is 20.9. The second-order valence-electron chi connectivity index (χ2n) is 7.00. The number of thioether (sulfide) groups is 1. The number of benzene rings is 3. The van der Waals surface area contributed by atoms with Gasteiger partial charge in [-0.25, -0.2) is 0 Å². The van der Waals surface area contributed by atoms with Gasteiger partial charge in [0, 0.05) is 10.7 Å². The van der Waals surface area contributed by atoms with E-state index in [9.17, 15) is 4.79 Å². The first kappa shape index (κ1) is 22.1. The standard InChI is InChI=1S/C25H22ClNO4S/c1-29-20-12-16(13-21(30-2)23(20)31-3)14-22-24(28)27(19-11-7-10-18(26)15-19)25(32-22)17-8-5-4-6-9-17/h4-15,25H,1-3H3/b22-14+. The molecule has 5 nitrogen and oxygen atoms in total. The highest BCUT2D eigenvalue weighted by Crippen LogP contribution is 2.49. The van der Waals surface area contributed by atoms with Crippen LogP contribution in [0.4, 0.5) is 5.69 Å². The summed E-state index contributed by atoms with van der Waals surface area (Å²) < 4.78 is 16.3. The summed E-state index contributed by atoms with van der Waals surface area (Å²) in [4.78, 5) is 15.9. The third-order valence-electron chi connectivity index (χ3n) is 5.06. The van der Waals surface area contributed by atoms with Crippen LogP contribution in [-0.2, 0) is 4.79 Å². The fourth-order valence-corrected chi connectivity index (χ4v) is 5.04. The summed E-state index contributed by atoms with van der Waals surface area (Å²) in [5, 5.41) is 0.365. The topological polar surface area (TPSA) is 48.0 Å². The Bertz CT molecular complexity index is 1140. The van der Waals surface area contributed by atoms with Crippen molar-refractivity contribution in [2.45, 2.75) is 5.37 Å². The minimum absolute atomic E-state index is 0.0973. The zero-order chi connectivity index (χ0) is 22.7.